The molecule has 0 aliphatic carbocycles. The van der Waals surface area contributed by atoms with Crippen LogP contribution in [0.15, 0.2) is 48.5 Å². The molecule has 0 aromatic carbocycles. The van der Waals surface area contributed by atoms with E-state index in [0.29, 0.717) is 34.1 Å². The van der Waals surface area contributed by atoms with E-state index in [4.69, 9.17) is 20.0 Å². The van der Waals surface area contributed by atoms with E-state index in [9.17, 15) is 10.5 Å². The summed E-state index contributed by atoms with van der Waals surface area (Å²) in [6, 6.07) is 23.8. The van der Waals surface area contributed by atoms with Crippen molar-refractivity contribution in [2.24, 2.45) is 0 Å². The van der Waals surface area contributed by atoms with E-state index < -0.39 is 0 Å². The van der Waals surface area contributed by atoms with Gasteiger partial charge in [0.1, 0.15) is 47.2 Å². The molecular weight excluding hydrogens is 609 g/mol. The molecule has 0 atom stereocenters. The van der Waals surface area contributed by atoms with Crippen LogP contribution in [0.25, 0.3) is 42.8 Å². The Bertz CT molecular complexity index is 1880. The van der Waals surface area contributed by atoms with Crippen LogP contribution in [0, 0.1) is 45.3 Å². The Morgan fingerprint density at radius 1 is 0.585 bits per heavy atom. The topological polar surface area (TPSA) is 114 Å². The molecule has 6 heterocycles. The van der Waals surface area contributed by atoms with Crippen molar-refractivity contribution < 1.29 is 9.47 Å². The minimum absolute atomic E-state index is 0.460. The number of thiophene rings is 5. The quantitative estimate of drug-likeness (QED) is 0.175. The number of allylic oxidation sites excluding steroid dienone is 2. The first-order valence-corrected chi connectivity index (χ1v) is 16.1. The molecule has 0 spiro atoms. The van der Waals surface area contributed by atoms with Crippen LogP contribution in [0.4, 0.5) is 0 Å². The predicted molar refractivity (Wildman–Crippen MR) is 167 cm³/mol. The van der Waals surface area contributed by atoms with Gasteiger partial charge in [-0.25, -0.2) is 0 Å². The van der Waals surface area contributed by atoms with Gasteiger partial charge in [-0.3, -0.25) is 0 Å². The van der Waals surface area contributed by atoms with Gasteiger partial charge in [-0.15, -0.1) is 56.7 Å². The van der Waals surface area contributed by atoms with Gasteiger partial charge in [-0.2, -0.15) is 21.0 Å². The van der Waals surface area contributed by atoms with Crippen molar-refractivity contribution in [3.8, 4) is 55.3 Å². The molecule has 1 aliphatic heterocycles. The van der Waals surface area contributed by atoms with Crippen LogP contribution in [0.3, 0.4) is 0 Å². The summed E-state index contributed by atoms with van der Waals surface area (Å²) in [6.45, 7) is 0.921. The lowest BCUT2D eigenvalue weighted by Crippen LogP contribution is -2.14. The Kier molecular flexibility index (Phi) is 7.55. The highest BCUT2D eigenvalue weighted by atomic mass is 32.1. The molecule has 11 heteroatoms. The summed E-state index contributed by atoms with van der Waals surface area (Å²) in [5.41, 5.74) is 1.03. The van der Waals surface area contributed by atoms with Gasteiger partial charge in [-0.1, -0.05) is 0 Å². The van der Waals surface area contributed by atoms with Gasteiger partial charge in [0.15, 0.2) is 11.5 Å². The van der Waals surface area contributed by atoms with Gasteiger partial charge >= 0.3 is 0 Å². The highest BCUT2D eigenvalue weighted by molar-refractivity contribution is 7.27. The maximum Gasteiger partial charge on any atom is 0.181 e. The first-order chi connectivity index (χ1) is 20.1. The molecule has 0 saturated heterocycles. The van der Waals surface area contributed by atoms with Crippen LogP contribution < -0.4 is 9.47 Å². The molecule has 0 unspecified atom stereocenters. The SMILES string of the molecule is N#C/C(=C\c1ccc(-c2sc(-c3ccc(/C=C(\C#N)c4ccc(C#N)s4)s3)c3c2OCCO3)s1)c1ccc(C#N)s1. The number of nitriles is 4. The van der Waals surface area contributed by atoms with Crippen molar-refractivity contribution in [3.05, 3.63) is 77.8 Å². The zero-order chi connectivity index (χ0) is 28.3. The highest BCUT2D eigenvalue weighted by Crippen LogP contribution is 2.55. The van der Waals surface area contributed by atoms with E-state index in [1.165, 1.54) is 22.7 Å². The van der Waals surface area contributed by atoms with Crippen molar-refractivity contribution >= 4 is 80.0 Å². The van der Waals surface area contributed by atoms with E-state index in [0.717, 1.165) is 50.5 Å². The molecule has 41 heavy (non-hydrogen) atoms. The molecule has 5 aromatic heterocycles. The Hall–Kier alpha value is -4.46. The number of hydrogen-bond acceptors (Lipinski definition) is 11. The monoisotopic (exact) mass is 622 g/mol. The predicted octanol–water partition coefficient (Wildman–Crippen LogP) is 8.97. The summed E-state index contributed by atoms with van der Waals surface area (Å²) in [5, 5.41) is 37.7. The zero-order valence-electron chi connectivity index (χ0n) is 20.8. The molecule has 5 aromatic rings. The number of nitrogens with zero attached hydrogens (tertiary/aromatic N) is 4. The van der Waals surface area contributed by atoms with E-state index in [1.54, 1.807) is 58.3 Å². The molecule has 0 saturated carbocycles. The second kappa shape index (κ2) is 11.6. The second-order valence-electron chi connectivity index (χ2n) is 8.41. The molecule has 0 radical (unpaired) electrons. The van der Waals surface area contributed by atoms with E-state index in [1.807, 2.05) is 36.4 Å². The fourth-order valence-electron chi connectivity index (χ4n) is 4.07. The summed E-state index contributed by atoms with van der Waals surface area (Å²) in [6.07, 6.45) is 3.69. The Balaban J connectivity index is 1.33. The number of hydrogen-bond donors (Lipinski definition) is 0. The molecule has 196 valence electrons. The second-order valence-corrected chi connectivity index (χ2v) is 13.8. The van der Waals surface area contributed by atoms with E-state index in [2.05, 4.69) is 24.3 Å². The normalized spacial score (nSPS) is 12.8. The third-order valence-corrected chi connectivity index (χ3v) is 11.5. The van der Waals surface area contributed by atoms with Crippen LogP contribution in [0.5, 0.6) is 11.5 Å². The van der Waals surface area contributed by atoms with Gasteiger partial charge in [0.25, 0.3) is 0 Å². The first kappa shape index (κ1) is 26.7. The van der Waals surface area contributed by atoms with Gasteiger partial charge < -0.3 is 9.47 Å². The van der Waals surface area contributed by atoms with Crippen LogP contribution >= 0.6 is 56.7 Å². The molecule has 0 amide bonds. The largest absolute Gasteiger partial charge is 0.485 e. The summed E-state index contributed by atoms with van der Waals surface area (Å²) in [5.74, 6) is 1.44. The van der Waals surface area contributed by atoms with Gasteiger partial charge in [0.05, 0.1) is 20.9 Å². The van der Waals surface area contributed by atoms with Crippen molar-refractivity contribution in [1.82, 2.24) is 0 Å². The Morgan fingerprint density at radius 3 is 1.44 bits per heavy atom. The van der Waals surface area contributed by atoms with Gasteiger partial charge in [0, 0.05) is 29.3 Å². The van der Waals surface area contributed by atoms with Crippen LogP contribution in [-0.2, 0) is 0 Å². The van der Waals surface area contributed by atoms with Crippen molar-refractivity contribution in [3.63, 3.8) is 0 Å². The fraction of sp³-hybridized carbons (Fsp3) is 0.0667. The lowest BCUT2D eigenvalue weighted by Gasteiger charge is -2.16. The highest BCUT2D eigenvalue weighted by Gasteiger charge is 2.27. The smallest absolute Gasteiger partial charge is 0.181 e. The Morgan fingerprint density at radius 2 is 1.05 bits per heavy atom. The summed E-state index contributed by atoms with van der Waals surface area (Å²) in [4.78, 5) is 8.44. The lowest BCUT2D eigenvalue weighted by molar-refractivity contribution is 0.175. The van der Waals surface area contributed by atoms with Crippen molar-refractivity contribution in [2.45, 2.75) is 0 Å². The van der Waals surface area contributed by atoms with Gasteiger partial charge in [0.2, 0.25) is 0 Å². The zero-order valence-corrected chi connectivity index (χ0v) is 24.9. The lowest BCUT2D eigenvalue weighted by atomic mass is 10.2. The maximum atomic E-state index is 9.73. The maximum absolute atomic E-state index is 9.73. The first-order valence-electron chi connectivity index (χ1n) is 12.0. The van der Waals surface area contributed by atoms with E-state index in [-0.39, 0.29) is 0 Å². The van der Waals surface area contributed by atoms with Crippen LogP contribution in [0.2, 0.25) is 0 Å². The average Bonchev–Trinajstić information content (AvgIpc) is 3.83. The summed E-state index contributed by atoms with van der Waals surface area (Å²) < 4.78 is 12.2. The standard InChI is InChI=1S/C30H14N4O2S5/c31-13-17(23-5-3-21(15-33)39-23)11-19-1-7-25(37-19)29-27-28(36-10-9-35-27)30(41-29)26-8-2-20(38-26)12-18(14-32)24-6-4-22(16-34)40-24/h1-8,11-12H,9-10H2/b17-11+,18-12+. The molecule has 6 rings (SSSR count). The average molecular weight is 623 g/mol. The minimum Gasteiger partial charge on any atom is -0.485 e. The minimum atomic E-state index is 0.460. The van der Waals surface area contributed by atoms with Crippen LogP contribution in [-0.4, -0.2) is 13.2 Å². The van der Waals surface area contributed by atoms with Crippen LogP contribution in [0.1, 0.15) is 29.3 Å². The molecule has 0 N–H and O–H groups in total. The molecule has 0 fully saturated rings. The Labute approximate surface area is 255 Å². The van der Waals surface area contributed by atoms with Crippen molar-refractivity contribution in [1.29, 1.82) is 21.0 Å². The summed E-state index contributed by atoms with van der Waals surface area (Å²) in [7, 11) is 0. The summed E-state index contributed by atoms with van der Waals surface area (Å²) >= 11 is 7.31. The third kappa shape index (κ3) is 5.34. The third-order valence-electron chi connectivity index (χ3n) is 5.88. The molecule has 1 aliphatic rings. The van der Waals surface area contributed by atoms with E-state index >= 15 is 0 Å². The fourth-order valence-corrected chi connectivity index (χ4v) is 8.91. The van der Waals surface area contributed by atoms with Gasteiger partial charge in [-0.05, 0) is 60.7 Å². The number of fused-ring (bicyclic) bond motifs is 1. The molecular formula is C30H14N4O2S5. The number of ether oxygens (including phenoxy) is 2. The van der Waals surface area contributed by atoms with Crippen molar-refractivity contribution in [2.75, 3.05) is 13.2 Å². The number of rotatable bonds is 6. The molecule has 0 bridgehead atoms. The molecule has 6 nitrogen and oxygen atoms in total.